The van der Waals surface area contributed by atoms with Gasteiger partial charge in [-0.05, 0) is 63.8 Å². The zero-order chi connectivity index (χ0) is 18.4. The van der Waals surface area contributed by atoms with Gasteiger partial charge in [0.1, 0.15) is 6.61 Å². The Morgan fingerprint density at radius 3 is 2.77 bits per heavy atom. The van der Waals surface area contributed by atoms with Crippen molar-refractivity contribution in [2.45, 2.75) is 27.0 Å². The van der Waals surface area contributed by atoms with Crippen LogP contribution in [-0.2, 0) is 13.2 Å². The maximum atomic E-state index is 6.06. The topological polar surface area (TPSA) is 85.0 Å². The number of rotatable bonds is 8. The van der Waals surface area contributed by atoms with Gasteiger partial charge < -0.3 is 14.8 Å². The molecule has 0 bridgehead atoms. The van der Waals surface area contributed by atoms with Gasteiger partial charge in [-0.2, -0.15) is 5.21 Å². The zero-order valence-electron chi connectivity index (χ0n) is 14.6. The minimum Gasteiger partial charge on any atom is -0.490 e. The summed E-state index contributed by atoms with van der Waals surface area (Å²) in [6.45, 7) is 5.59. The molecule has 3 rings (SSSR count). The van der Waals surface area contributed by atoms with E-state index >= 15 is 0 Å². The average Bonchev–Trinajstić information content (AvgIpc) is 3.14. The summed E-state index contributed by atoms with van der Waals surface area (Å²) in [7, 11) is 0. The molecule has 1 heterocycles. The summed E-state index contributed by atoms with van der Waals surface area (Å²) in [4.78, 5) is 0. The van der Waals surface area contributed by atoms with Gasteiger partial charge >= 0.3 is 0 Å². The van der Waals surface area contributed by atoms with Crippen LogP contribution in [0.4, 0.5) is 5.95 Å². The number of hydrogen-bond acceptors (Lipinski definition) is 6. The lowest BCUT2D eigenvalue weighted by Gasteiger charge is -2.16. The Labute approximate surface area is 160 Å². The van der Waals surface area contributed by atoms with Crippen LogP contribution in [0.15, 0.2) is 40.9 Å². The number of aryl methyl sites for hydroxylation is 1. The molecule has 0 aliphatic heterocycles. The molecule has 0 fully saturated rings. The third kappa shape index (κ3) is 4.51. The number of tetrazole rings is 1. The summed E-state index contributed by atoms with van der Waals surface area (Å²) in [5, 5.41) is 16.8. The van der Waals surface area contributed by atoms with Crippen LogP contribution in [-0.4, -0.2) is 27.2 Å². The van der Waals surface area contributed by atoms with Gasteiger partial charge in [0.2, 0.25) is 0 Å². The van der Waals surface area contributed by atoms with E-state index in [0.29, 0.717) is 37.2 Å². The molecular weight excluding hydrogens is 398 g/mol. The molecule has 136 valence electrons. The number of anilines is 1. The van der Waals surface area contributed by atoms with Crippen LogP contribution in [0.5, 0.6) is 11.5 Å². The number of H-pyrrole nitrogens is 1. The minimum atomic E-state index is 0.443. The van der Waals surface area contributed by atoms with E-state index in [9.17, 15) is 0 Å². The molecule has 1 aromatic heterocycles. The lowest BCUT2D eigenvalue weighted by atomic mass is 10.1. The molecule has 8 heteroatoms. The second-order valence-electron chi connectivity index (χ2n) is 5.64. The van der Waals surface area contributed by atoms with Crippen molar-refractivity contribution in [3.63, 3.8) is 0 Å². The maximum Gasteiger partial charge on any atom is 0.263 e. The van der Waals surface area contributed by atoms with Gasteiger partial charge in [0.15, 0.2) is 11.5 Å². The quantitative estimate of drug-likeness (QED) is 0.578. The highest BCUT2D eigenvalue weighted by Gasteiger charge is 2.13. The number of halogens is 1. The van der Waals surface area contributed by atoms with Crippen LogP contribution in [0.1, 0.15) is 23.6 Å². The molecule has 0 aliphatic carbocycles. The van der Waals surface area contributed by atoms with E-state index < -0.39 is 0 Å². The van der Waals surface area contributed by atoms with E-state index in [-0.39, 0.29) is 0 Å². The molecule has 26 heavy (non-hydrogen) atoms. The number of benzene rings is 2. The average molecular weight is 418 g/mol. The van der Waals surface area contributed by atoms with E-state index in [1.807, 2.05) is 31.2 Å². The fourth-order valence-electron chi connectivity index (χ4n) is 2.47. The Hall–Kier alpha value is -2.61. The predicted octanol–water partition coefficient (Wildman–Crippen LogP) is 3.86. The van der Waals surface area contributed by atoms with Gasteiger partial charge in [0, 0.05) is 6.54 Å². The molecule has 0 atom stereocenters. The lowest BCUT2D eigenvalue weighted by molar-refractivity contribution is 0.267. The van der Waals surface area contributed by atoms with Crippen LogP contribution < -0.4 is 14.8 Å². The van der Waals surface area contributed by atoms with Crippen LogP contribution in [0.25, 0.3) is 0 Å². The number of aromatic amines is 1. The summed E-state index contributed by atoms with van der Waals surface area (Å²) < 4.78 is 12.7. The molecule has 0 unspecified atom stereocenters. The minimum absolute atomic E-state index is 0.443. The Bertz CT molecular complexity index is 855. The van der Waals surface area contributed by atoms with Crippen molar-refractivity contribution in [3.8, 4) is 11.5 Å². The summed E-state index contributed by atoms with van der Waals surface area (Å²) in [6, 6.07) is 12.1. The first-order valence-electron chi connectivity index (χ1n) is 8.27. The predicted molar refractivity (Wildman–Crippen MR) is 102 cm³/mol. The van der Waals surface area contributed by atoms with Gasteiger partial charge in [0.25, 0.3) is 5.95 Å². The highest BCUT2D eigenvalue weighted by Crippen LogP contribution is 2.37. The van der Waals surface area contributed by atoms with Gasteiger partial charge in [0.05, 0.1) is 11.1 Å². The van der Waals surface area contributed by atoms with Gasteiger partial charge in [-0.15, -0.1) is 5.10 Å². The first-order chi connectivity index (χ1) is 12.7. The first kappa shape index (κ1) is 18.2. The molecule has 0 saturated carbocycles. The Morgan fingerprint density at radius 2 is 2.04 bits per heavy atom. The van der Waals surface area contributed by atoms with Crippen LogP contribution in [0.3, 0.4) is 0 Å². The van der Waals surface area contributed by atoms with Crippen molar-refractivity contribution in [1.29, 1.82) is 0 Å². The SMILES string of the molecule is CCOc1cc(CNc2nn[nH]n2)cc(Br)c1OCc1ccccc1C. The van der Waals surface area contributed by atoms with Crippen LogP contribution >= 0.6 is 15.9 Å². The number of nitrogens with zero attached hydrogens (tertiary/aromatic N) is 3. The highest BCUT2D eigenvalue weighted by molar-refractivity contribution is 9.10. The van der Waals surface area contributed by atoms with Crippen molar-refractivity contribution in [1.82, 2.24) is 20.6 Å². The van der Waals surface area contributed by atoms with Crippen LogP contribution in [0, 0.1) is 6.92 Å². The number of aromatic nitrogens is 4. The van der Waals surface area contributed by atoms with Gasteiger partial charge in [-0.3, -0.25) is 0 Å². The van der Waals surface area contributed by atoms with Crippen molar-refractivity contribution < 1.29 is 9.47 Å². The molecule has 2 N–H and O–H groups in total. The van der Waals surface area contributed by atoms with E-state index in [1.54, 1.807) is 0 Å². The fraction of sp³-hybridized carbons (Fsp3) is 0.278. The van der Waals surface area contributed by atoms with Gasteiger partial charge in [-0.1, -0.05) is 29.4 Å². The number of ether oxygens (including phenoxy) is 2. The Morgan fingerprint density at radius 1 is 1.19 bits per heavy atom. The molecular formula is C18H20BrN5O2. The molecule has 3 aromatic rings. The van der Waals surface area contributed by atoms with Crippen molar-refractivity contribution in [2.24, 2.45) is 0 Å². The van der Waals surface area contributed by atoms with Gasteiger partial charge in [-0.25, -0.2) is 0 Å². The van der Waals surface area contributed by atoms with E-state index in [4.69, 9.17) is 9.47 Å². The third-order valence-electron chi connectivity index (χ3n) is 3.80. The fourth-order valence-corrected chi connectivity index (χ4v) is 3.07. The Balaban J connectivity index is 1.76. The third-order valence-corrected chi connectivity index (χ3v) is 4.39. The Kier molecular flexibility index (Phi) is 6.06. The van der Waals surface area contributed by atoms with Crippen molar-refractivity contribution >= 4 is 21.9 Å². The highest BCUT2D eigenvalue weighted by atomic mass is 79.9. The largest absolute Gasteiger partial charge is 0.490 e. The summed E-state index contributed by atoms with van der Waals surface area (Å²) in [5.41, 5.74) is 3.35. The maximum absolute atomic E-state index is 6.06. The smallest absolute Gasteiger partial charge is 0.263 e. The van der Waals surface area contributed by atoms with Crippen LogP contribution in [0.2, 0.25) is 0 Å². The molecule has 0 spiro atoms. The number of hydrogen-bond donors (Lipinski definition) is 2. The molecule has 7 nitrogen and oxygen atoms in total. The summed E-state index contributed by atoms with van der Waals surface area (Å²) in [6.07, 6.45) is 0. The monoisotopic (exact) mass is 417 g/mol. The second-order valence-corrected chi connectivity index (χ2v) is 6.50. The molecule has 2 aromatic carbocycles. The normalized spacial score (nSPS) is 10.6. The second kappa shape index (κ2) is 8.66. The lowest BCUT2D eigenvalue weighted by Crippen LogP contribution is -2.05. The standard InChI is InChI=1S/C18H20BrN5O2/c1-3-25-16-9-13(10-20-18-21-23-24-22-18)8-15(19)17(16)26-11-14-7-5-4-6-12(14)2/h4-9H,3,10-11H2,1-2H3,(H2,20,21,22,23,24). The van der Waals surface area contributed by atoms with E-state index in [1.165, 1.54) is 5.56 Å². The zero-order valence-corrected chi connectivity index (χ0v) is 16.2. The van der Waals surface area contributed by atoms with Crippen molar-refractivity contribution in [3.05, 3.63) is 57.6 Å². The summed E-state index contributed by atoms with van der Waals surface area (Å²) >= 11 is 3.60. The first-order valence-corrected chi connectivity index (χ1v) is 9.06. The molecule has 0 radical (unpaired) electrons. The summed E-state index contributed by atoms with van der Waals surface area (Å²) in [5.74, 6) is 1.83. The van der Waals surface area contributed by atoms with Crippen molar-refractivity contribution in [2.75, 3.05) is 11.9 Å². The molecule has 0 aliphatic rings. The van der Waals surface area contributed by atoms with E-state index in [2.05, 4.69) is 60.9 Å². The molecule has 0 amide bonds. The molecule has 0 saturated heterocycles. The van der Waals surface area contributed by atoms with E-state index in [0.717, 1.165) is 15.6 Å². The number of nitrogens with one attached hydrogen (secondary N) is 2.